The van der Waals surface area contributed by atoms with E-state index in [1.165, 1.54) is 6.07 Å². The third-order valence-corrected chi connectivity index (χ3v) is 5.06. The van der Waals surface area contributed by atoms with Gasteiger partial charge in [-0.05, 0) is 29.7 Å². The summed E-state index contributed by atoms with van der Waals surface area (Å²) in [5, 5.41) is 9.68. The molecule has 6 heteroatoms. The number of nitrogens with two attached hydrogens (primary N) is 1. The molecule has 0 fully saturated rings. The maximum Gasteiger partial charge on any atom is 0.336 e. The van der Waals surface area contributed by atoms with Gasteiger partial charge in [0.05, 0.1) is 11.1 Å². The highest BCUT2D eigenvalue weighted by atomic mass is 35.5. The molecule has 0 aromatic heterocycles. The molecule has 0 aliphatic heterocycles. The smallest absolute Gasteiger partial charge is 0.336 e. The zero-order chi connectivity index (χ0) is 21.0. The van der Waals surface area contributed by atoms with Crippen LogP contribution < -0.4 is 5.73 Å². The lowest BCUT2D eigenvalue weighted by atomic mass is 9.97. The minimum Gasteiger partial charge on any atom is -0.478 e. The average molecular weight is 410 g/mol. The molecule has 0 heterocycles. The molecule has 3 N–H and O–H groups in total. The number of carboxylic acids is 1. The maximum atomic E-state index is 12.9. The van der Waals surface area contributed by atoms with Gasteiger partial charge >= 0.3 is 5.97 Å². The Balaban J connectivity index is 1.92. The van der Waals surface area contributed by atoms with Gasteiger partial charge in [0.15, 0.2) is 5.78 Å². The number of ether oxygens (including phenoxy) is 1. The summed E-state index contributed by atoms with van der Waals surface area (Å²) in [6.07, 6.45) is -0.482. The Kier molecular flexibility index (Phi) is 6.32. The van der Waals surface area contributed by atoms with E-state index < -0.39 is 17.9 Å². The number of ketones is 1. The van der Waals surface area contributed by atoms with E-state index in [0.717, 1.165) is 11.1 Å². The lowest BCUT2D eigenvalue weighted by molar-refractivity contribution is 0.0581. The molecule has 3 aromatic rings. The van der Waals surface area contributed by atoms with Gasteiger partial charge in [0.2, 0.25) is 0 Å². The van der Waals surface area contributed by atoms with Crippen LogP contribution in [-0.4, -0.2) is 23.5 Å². The number of anilines is 1. The monoisotopic (exact) mass is 409 g/mol. The molecule has 5 nitrogen and oxygen atoms in total. The second-order valence-corrected chi connectivity index (χ2v) is 6.97. The van der Waals surface area contributed by atoms with Crippen LogP contribution in [0.2, 0.25) is 5.02 Å². The molecule has 0 aliphatic rings. The predicted molar refractivity (Wildman–Crippen MR) is 113 cm³/mol. The van der Waals surface area contributed by atoms with Crippen LogP contribution in [-0.2, 0) is 4.74 Å². The first-order chi connectivity index (χ1) is 13.9. The fourth-order valence-corrected chi connectivity index (χ4v) is 3.32. The Morgan fingerprint density at radius 1 is 1.03 bits per heavy atom. The molecule has 0 radical (unpaired) electrons. The first kappa shape index (κ1) is 20.6. The fourth-order valence-electron chi connectivity index (χ4n) is 3.11. The number of carbonyl (C=O) groups excluding carboxylic acids is 1. The lowest BCUT2D eigenvalue weighted by Crippen LogP contribution is -2.19. The van der Waals surface area contributed by atoms with Crippen molar-refractivity contribution < 1.29 is 19.4 Å². The minimum absolute atomic E-state index is 0.0551. The number of carboxylic acid groups (broad SMARTS) is 1. The van der Waals surface area contributed by atoms with Crippen LogP contribution in [0.1, 0.15) is 43.5 Å². The zero-order valence-electron chi connectivity index (χ0n) is 15.8. The molecule has 0 bridgehead atoms. The Labute approximate surface area is 173 Å². The summed E-state index contributed by atoms with van der Waals surface area (Å²) in [6.45, 7) is 1.30. The van der Waals surface area contributed by atoms with E-state index >= 15 is 0 Å². The van der Waals surface area contributed by atoms with Crippen molar-refractivity contribution in [3.63, 3.8) is 0 Å². The summed E-state index contributed by atoms with van der Waals surface area (Å²) in [5.74, 6) is -1.79. The molecule has 0 amide bonds. The summed E-state index contributed by atoms with van der Waals surface area (Å²) in [6, 6.07) is 20.2. The number of nitrogen functional groups attached to an aromatic ring is 1. The van der Waals surface area contributed by atoms with Crippen molar-refractivity contribution in [2.45, 2.75) is 13.0 Å². The summed E-state index contributed by atoms with van der Waals surface area (Å²) in [4.78, 5) is 24.5. The number of hydrogen-bond acceptors (Lipinski definition) is 4. The molecule has 0 atom stereocenters. The van der Waals surface area contributed by atoms with E-state index in [1.54, 1.807) is 6.92 Å². The van der Waals surface area contributed by atoms with Gasteiger partial charge in [0.25, 0.3) is 0 Å². The number of Topliss-reactive ketones (excluding diaryl/α,β-unsaturated/α-hetero) is 1. The van der Waals surface area contributed by atoms with Crippen molar-refractivity contribution in [3.05, 3.63) is 99.6 Å². The van der Waals surface area contributed by atoms with E-state index in [4.69, 9.17) is 22.1 Å². The number of hydrogen-bond donors (Lipinski definition) is 2. The first-order valence-corrected chi connectivity index (χ1v) is 9.34. The van der Waals surface area contributed by atoms with Crippen molar-refractivity contribution in [1.82, 2.24) is 0 Å². The van der Waals surface area contributed by atoms with E-state index in [-0.39, 0.29) is 28.4 Å². The Bertz CT molecular complexity index is 996. The van der Waals surface area contributed by atoms with Crippen molar-refractivity contribution >= 4 is 29.0 Å². The predicted octanol–water partition coefficient (Wildman–Crippen LogP) is 4.92. The van der Waals surface area contributed by atoms with Crippen LogP contribution in [0.25, 0.3) is 0 Å². The van der Waals surface area contributed by atoms with Gasteiger partial charge in [-0.1, -0.05) is 72.3 Å². The van der Waals surface area contributed by atoms with Gasteiger partial charge in [0.1, 0.15) is 12.7 Å². The molecule has 0 saturated heterocycles. The molecule has 3 aromatic carbocycles. The molecule has 0 aliphatic carbocycles. The lowest BCUT2D eigenvalue weighted by Gasteiger charge is -2.19. The number of halogens is 1. The third-order valence-electron chi connectivity index (χ3n) is 4.67. The van der Waals surface area contributed by atoms with Gasteiger partial charge in [-0.15, -0.1) is 0 Å². The molecular weight excluding hydrogens is 390 g/mol. The van der Waals surface area contributed by atoms with Gasteiger partial charge in [-0.3, -0.25) is 4.79 Å². The van der Waals surface area contributed by atoms with Gasteiger partial charge in [-0.2, -0.15) is 0 Å². The van der Waals surface area contributed by atoms with Crippen molar-refractivity contribution in [1.29, 1.82) is 0 Å². The third kappa shape index (κ3) is 4.47. The number of aromatic carboxylic acids is 1. The highest BCUT2D eigenvalue weighted by Gasteiger charge is 2.24. The van der Waals surface area contributed by atoms with Crippen LogP contribution in [0.15, 0.2) is 66.7 Å². The SMILES string of the molecule is Cc1c(Cl)cc(C(=O)O)c(C(=O)COC(c2ccccc2)c2ccccc2)c1N. The first-order valence-electron chi connectivity index (χ1n) is 8.96. The fraction of sp³-hybridized carbons (Fsp3) is 0.130. The summed E-state index contributed by atoms with van der Waals surface area (Å²) < 4.78 is 5.96. The highest BCUT2D eigenvalue weighted by Crippen LogP contribution is 2.31. The Morgan fingerprint density at radius 2 is 1.55 bits per heavy atom. The van der Waals surface area contributed by atoms with Crippen LogP contribution in [0.4, 0.5) is 5.69 Å². The van der Waals surface area contributed by atoms with Crippen molar-refractivity contribution in [2.75, 3.05) is 12.3 Å². The van der Waals surface area contributed by atoms with Crippen LogP contribution >= 0.6 is 11.6 Å². The number of benzene rings is 3. The summed E-state index contributed by atoms with van der Waals surface area (Å²) in [7, 11) is 0. The van der Waals surface area contributed by atoms with Gasteiger partial charge in [0, 0.05) is 10.7 Å². The molecule has 0 unspecified atom stereocenters. The highest BCUT2D eigenvalue weighted by molar-refractivity contribution is 6.32. The van der Waals surface area contributed by atoms with Crippen LogP contribution in [0.5, 0.6) is 0 Å². The number of rotatable bonds is 7. The van der Waals surface area contributed by atoms with Crippen molar-refractivity contribution in [3.8, 4) is 0 Å². The van der Waals surface area contributed by atoms with Crippen LogP contribution in [0, 0.1) is 6.92 Å². The quantitative estimate of drug-likeness (QED) is 0.427. The topological polar surface area (TPSA) is 89.6 Å². The van der Waals surface area contributed by atoms with Crippen molar-refractivity contribution in [2.24, 2.45) is 0 Å². The van der Waals surface area contributed by atoms with E-state index in [9.17, 15) is 14.7 Å². The molecule has 29 heavy (non-hydrogen) atoms. The summed E-state index contributed by atoms with van der Waals surface area (Å²) in [5.41, 5.74) is 7.99. The molecule has 3 rings (SSSR count). The minimum atomic E-state index is -1.27. The number of carbonyl (C=O) groups is 2. The Hall–Kier alpha value is -3.15. The molecule has 148 valence electrons. The van der Waals surface area contributed by atoms with E-state index in [2.05, 4.69) is 0 Å². The summed E-state index contributed by atoms with van der Waals surface area (Å²) >= 11 is 6.04. The molecule has 0 spiro atoms. The standard InChI is InChI=1S/C23H20ClNO4/c1-14-18(24)12-17(23(27)28)20(21(14)25)19(26)13-29-22(15-8-4-2-5-9-15)16-10-6-3-7-11-16/h2-12,22H,13,25H2,1H3,(H,27,28). The van der Waals surface area contributed by atoms with Gasteiger partial charge in [-0.25, -0.2) is 4.79 Å². The van der Waals surface area contributed by atoms with Crippen LogP contribution in [0.3, 0.4) is 0 Å². The maximum absolute atomic E-state index is 12.9. The normalized spacial score (nSPS) is 10.9. The van der Waals surface area contributed by atoms with E-state index in [1.807, 2.05) is 60.7 Å². The second-order valence-electron chi connectivity index (χ2n) is 6.56. The Morgan fingerprint density at radius 3 is 2.03 bits per heavy atom. The molecule has 0 saturated carbocycles. The second kappa shape index (κ2) is 8.90. The average Bonchev–Trinajstić information content (AvgIpc) is 2.73. The van der Waals surface area contributed by atoms with Gasteiger partial charge < -0.3 is 15.6 Å². The van der Waals surface area contributed by atoms with E-state index in [0.29, 0.717) is 5.56 Å². The zero-order valence-corrected chi connectivity index (χ0v) is 16.5. The molecular formula is C23H20ClNO4. The largest absolute Gasteiger partial charge is 0.478 e.